The average molecular weight is 225 g/mol. The zero-order valence-electron chi connectivity index (χ0n) is 9.39. The molecule has 1 heterocycles. The number of hydrogen-bond acceptors (Lipinski definition) is 4. The van der Waals surface area contributed by atoms with E-state index in [1.165, 1.54) is 17.8 Å². The highest BCUT2D eigenvalue weighted by Gasteiger charge is 2.35. The van der Waals surface area contributed by atoms with Gasteiger partial charge in [-0.25, -0.2) is 4.98 Å². The number of nitrogens with two attached hydrogens (primary N) is 1. The summed E-state index contributed by atoms with van der Waals surface area (Å²) in [6, 6.07) is 0.919. The molecule has 84 valence electrons. The van der Waals surface area contributed by atoms with Gasteiger partial charge in [0.15, 0.2) is 0 Å². The van der Waals surface area contributed by atoms with Gasteiger partial charge in [-0.1, -0.05) is 0 Å². The number of nitrogens with zero attached hydrogens (tertiary/aromatic N) is 2. The summed E-state index contributed by atoms with van der Waals surface area (Å²) in [5.41, 5.74) is 5.85. The first-order chi connectivity index (χ1) is 7.24. The van der Waals surface area contributed by atoms with E-state index in [4.69, 9.17) is 5.73 Å². The highest BCUT2D eigenvalue weighted by Crippen LogP contribution is 2.37. The third-order valence-electron chi connectivity index (χ3n) is 3.35. The highest BCUT2D eigenvalue weighted by molar-refractivity contribution is 7.09. The third kappa shape index (κ3) is 2.38. The molecule has 0 bridgehead atoms. The predicted molar refractivity (Wildman–Crippen MR) is 63.9 cm³/mol. The SMILES string of the molecule is CC(c1nccs1)N(C)C(CN)C1CC1. The molecular formula is C11H19N3S. The standard InChI is InChI=1S/C11H19N3S/c1-8(11-13-5-6-15-11)14(2)10(7-12)9-3-4-9/h5-6,8-10H,3-4,7,12H2,1-2H3. The summed E-state index contributed by atoms with van der Waals surface area (Å²) in [7, 11) is 2.17. The van der Waals surface area contributed by atoms with Crippen molar-refractivity contribution in [1.29, 1.82) is 0 Å². The molecule has 1 fully saturated rings. The molecule has 1 aliphatic rings. The molecule has 0 spiro atoms. The van der Waals surface area contributed by atoms with Gasteiger partial charge in [-0.3, -0.25) is 4.90 Å². The summed E-state index contributed by atoms with van der Waals surface area (Å²) >= 11 is 1.73. The van der Waals surface area contributed by atoms with E-state index in [-0.39, 0.29) is 0 Å². The van der Waals surface area contributed by atoms with Gasteiger partial charge in [0.25, 0.3) is 0 Å². The van der Waals surface area contributed by atoms with Gasteiger partial charge in [0.1, 0.15) is 5.01 Å². The fourth-order valence-corrected chi connectivity index (χ4v) is 2.82. The first-order valence-electron chi connectivity index (χ1n) is 5.55. The normalized spacial score (nSPS) is 20.5. The van der Waals surface area contributed by atoms with Crippen LogP contribution in [0.3, 0.4) is 0 Å². The maximum atomic E-state index is 5.85. The van der Waals surface area contributed by atoms with Crippen molar-refractivity contribution in [2.75, 3.05) is 13.6 Å². The minimum atomic E-state index is 0.388. The van der Waals surface area contributed by atoms with Gasteiger partial charge in [-0.2, -0.15) is 0 Å². The van der Waals surface area contributed by atoms with E-state index >= 15 is 0 Å². The van der Waals surface area contributed by atoms with Gasteiger partial charge in [0, 0.05) is 24.2 Å². The summed E-state index contributed by atoms with van der Waals surface area (Å²) in [5, 5.41) is 3.23. The Balaban J connectivity index is 2.02. The molecule has 0 saturated heterocycles. The quantitative estimate of drug-likeness (QED) is 0.832. The second-order valence-electron chi connectivity index (χ2n) is 4.35. The van der Waals surface area contributed by atoms with Gasteiger partial charge in [-0.05, 0) is 32.7 Å². The number of rotatable bonds is 5. The van der Waals surface area contributed by atoms with E-state index < -0.39 is 0 Å². The number of aromatic nitrogens is 1. The number of thiazole rings is 1. The van der Waals surface area contributed by atoms with Crippen molar-refractivity contribution in [2.24, 2.45) is 11.7 Å². The van der Waals surface area contributed by atoms with Crippen LogP contribution >= 0.6 is 11.3 Å². The zero-order valence-corrected chi connectivity index (χ0v) is 10.2. The summed E-state index contributed by atoms with van der Waals surface area (Å²) in [5.74, 6) is 0.822. The van der Waals surface area contributed by atoms with Crippen LogP contribution < -0.4 is 5.73 Å². The van der Waals surface area contributed by atoms with Gasteiger partial charge in [0.05, 0.1) is 6.04 Å². The number of likely N-dealkylation sites (N-methyl/N-ethyl adjacent to an activating group) is 1. The maximum absolute atomic E-state index is 5.85. The van der Waals surface area contributed by atoms with Gasteiger partial charge in [0.2, 0.25) is 0 Å². The van der Waals surface area contributed by atoms with Crippen LogP contribution in [-0.4, -0.2) is 29.5 Å². The Morgan fingerprint density at radius 2 is 2.40 bits per heavy atom. The largest absolute Gasteiger partial charge is 0.329 e. The van der Waals surface area contributed by atoms with Gasteiger partial charge in [-0.15, -0.1) is 11.3 Å². The second-order valence-corrected chi connectivity index (χ2v) is 5.28. The molecule has 2 unspecified atom stereocenters. The molecule has 15 heavy (non-hydrogen) atoms. The molecule has 0 aliphatic heterocycles. The van der Waals surface area contributed by atoms with E-state index in [0.717, 1.165) is 12.5 Å². The minimum Gasteiger partial charge on any atom is -0.329 e. The Labute approximate surface area is 95.3 Å². The van der Waals surface area contributed by atoms with Crippen LogP contribution in [0.4, 0.5) is 0 Å². The molecule has 3 nitrogen and oxygen atoms in total. The Kier molecular flexibility index (Phi) is 3.38. The minimum absolute atomic E-state index is 0.388. The maximum Gasteiger partial charge on any atom is 0.109 e. The lowest BCUT2D eigenvalue weighted by Gasteiger charge is -2.31. The Morgan fingerprint density at radius 3 is 2.87 bits per heavy atom. The van der Waals surface area contributed by atoms with Crippen molar-refractivity contribution in [1.82, 2.24) is 9.88 Å². The molecular weight excluding hydrogens is 206 g/mol. The van der Waals surface area contributed by atoms with E-state index in [1.54, 1.807) is 11.3 Å². The zero-order chi connectivity index (χ0) is 10.8. The average Bonchev–Trinajstić information content (AvgIpc) is 2.93. The van der Waals surface area contributed by atoms with Crippen molar-refractivity contribution in [2.45, 2.75) is 31.8 Å². The first-order valence-corrected chi connectivity index (χ1v) is 6.43. The Bertz CT molecular complexity index is 295. The highest BCUT2D eigenvalue weighted by atomic mass is 32.1. The molecule has 0 amide bonds. The van der Waals surface area contributed by atoms with Gasteiger partial charge >= 0.3 is 0 Å². The van der Waals surface area contributed by atoms with Crippen molar-refractivity contribution in [3.8, 4) is 0 Å². The number of hydrogen-bond donors (Lipinski definition) is 1. The molecule has 0 aromatic carbocycles. The second kappa shape index (κ2) is 4.60. The van der Waals surface area contributed by atoms with Crippen LogP contribution in [0.1, 0.15) is 30.8 Å². The summed E-state index contributed by atoms with van der Waals surface area (Å²) in [6.07, 6.45) is 4.56. The lowest BCUT2D eigenvalue weighted by molar-refractivity contribution is 0.170. The first kappa shape index (κ1) is 11.0. The molecule has 2 N–H and O–H groups in total. The lowest BCUT2D eigenvalue weighted by atomic mass is 10.1. The molecule has 2 atom stereocenters. The summed E-state index contributed by atoms with van der Waals surface area (Å²) in [6.45, 7) is 2.97. The van der Waals surface area contributed by atoms with E-state index in [0.29, 0.717) is 12.1 Å². The van der Waals surface area contributed by atoms with Crippen molar-refractivity contribution in [3.05, 3.63) is 16.6 Å². The predicted octanol–water partition coefficient (Wildman–Crippen LogP) is 1.87. The van der Waals surface area contributed by atoms with Crippen LogP contribution in [0.15, 0.2) is 11.6 Å². The lowest BCUT2D eigenvalue weighted by Crippen LogP contribution is -2.41. The van der Waals surface area contributed by atoms with E-state index in [9.17, 15) is 0 Å². The molecule has 0 radical (unpaired) electrons. The Morgan fingerprint density at radius 1 is 1.67 bits per heavy atom. The molecule has 4 heteroatoms. The van der Waals surface area contributed by atoms with Crippen molar-refractivity contribution in [3.63, 3.8) is 0 Å². The third-order valence-corrected chi connectivity index (χ3v) is 4.30. The van der Waals surface area contributed by atoms with Gasteiger partial charge < -0.3 is 5.73 Å². The van der Waals surface area contributed by atoms with Crippen molar-refractivity contribution < 1.29 is 0 Å². The molecule has 2 rings (SSSR count). The van der Waals surface area contributed by atoms with Crippen LogP contribution in [-0.2, 0) is 0 Å². The molecule has 1 saturated carbocycles. The van der Waals surface area contributed by atoms with Crippen LogP contribution in [0.5, 0.6) is 0 Å². The van der Waals surface area contributed by atoms with E-state index in [2.05, 4.69) is 23.9 Å². The molecule has 1 aromatic heterocycles. The molecule has 1 aliphatic carbocycles. The Hall–Kier alpha value is -0.450. The van der Waals surface area contributed by atoms with Crippen LogP contribution in [0.25, 0.3) is 0 Å². The fourth-order valence-electron chi connectivity index (χ4n) is 2.07. The smallest absolute Gasteiger partial charge is 0.109 e. The molecule has 1 aromatic rings. The van der Waals surface area contributed by atoms with E-state index in [1.807, 2.05) is 11.6 Å². The topological polar surface area (TPSA) is 42.2 Å². The fraction of sp³-hybridized carbons (Fsp3) is 0.727. The van der Waals surface area contributed by atoms with Crippen LogP contribution in [0, 0.1) is 5.92 Å². The summed E-state index contributed by atoms with van der Waals surface area (Å²) < 4.78 is 0. The summed E-state index contributed by atoms with van der Waals surface area (Å²) in [4.78, 5) is 6.76. The van der Waals surface area contributed by atoms with Crippen molar-refractivity contribution >= 4 is 11.3 Å². The monoisotopic (exact) mass is 225 g/mol. The van der Waals surface area contributed by atoms with Crippen LogP contribution in [0.2, 0.25) is 0 Å².